The topological polar surface area (TPSA) is 44.5 Å². The highest BCUT2D eigenvalue weighted by Gasteiger charge is 2.24. The van der Waals surface area contributed by atoms with Crippen LogP contribution in [-0.4, -0.2) is 14.2 Å². The summed E-state index contributed by atoms with van der Waals surface area (Å²) in [7, 11) is 3.61. The monoisotopic (exact) mass is 549 g/mol. The lowest BCUT2D eigenvalue weighted by atomic mass is 9.82. The largest absolute Gasteiger partial charge is 0.496 e. The second-order valence-corrected chi connectivity index (χ2v) is 14.4. The number of nitrogens with two attached hydrogens (primary N) is 1. The van der Waals surface area contributed by atoms with Gasteiger partial charge in [-0.2, -0.15) is 23.5 Å². The first-order valence-corrected chi connectivity index (χ1v) is 15.6. The van der Waals surface area contributed by atoms with E-state index in [1.54, 1.807) is 14.2 Å². The molecule has 1 heterocycles. The molecule has 3 aromatic carbocycles. The highest BCUT2D eigenvalue weighted by molar-refractivity contribution is 7.98. The fourth-order valence-corrected chi connectivity index (χ4v) is 6.97. The Labute approximate surface area is 238 Å². The van der Waals surface area contributed by atoms with Crippen molar-refractivity contribution in [3.63, 3.8) is 0 Å². The third kappa shape index (κ3) is 6.66. The average molecular weight is 550 g/mol. The van der Waals surface area contributed by atoms with Gasteiger partial charge < -0.3 is 15.2 Å². The Morgan fingerprint density at radius 1 is 0.579 bits per heavy atom. The van der Waals surface area contributed by atoms with Crippen LogP contribution in [0.5, 0.6) is 11.5 Å². The van der Waals surface area contributed by atoms with E-state index in [-0.39, 0.29) is 10.8 Å². The van der Waals surface area contributed by atoms with Gasteiger partial charge in [0.25, 0.3) is 0 Å². The molecule has 0 saturated carbocycles. The van der Waals surface area contributed by atoms with Crippen LogP contribution in [0.15, 0.2) is 42.5 Å². The zero-order chi connectivity index (χ0) is 27.7. The molecule has 0 aliphatic carbocycles. The first-order valence-electron chi connectivity index (χ1n) is 13.3. The molecule has 0 atom stereocenters. The fraction of sp³-hybridized carbons (Fsp3) is 0.455. The average Bonchev–Trinajstić information content (AvgIpc) is 2.82. The summed E-state index contributed by atoms with van der Waals surface area (Å²) in [6.45, 7) is 13.7. The van der Waals surface area contributed by atoms with Gasteiger partial charge >= 0.3 is 0 Å². The predicted octanol–water partition coefficient (Wildman–Crippen LogP) is 8.65. The number of anilines is 1. The van der Waals surface area contributed by atoms with Crippen molar-refractivity contribution in [3.8, 4) is 11.5 Å². The van der Waals surface area contributed by atoms with Gasteiger partial charge in [0.05, 0.1) is 14.2 Å². The van der Waals surface area contributed by atoms with E-state index < -0.39 is 0 Å². The first-order chi connectivity index (χ1) is 17.9. The summed E-state index contributed by atoms with van der Waals surface area (Å²) in [6, 6.07) is 15.9. The number of ether oxygens (including phenoxy) is 2. The third-order valence-corrected chi connectivity index (χ3v) is 9.24. The Morgan fingerprint density at radius 2 is 0.974 bits per heavy atom. The van der Waals surface area contributed by atoms with Gasteiger partial charge in [-0.05, 0) is 56.3 Å². The summed E-state index contributed by atoms with van der Waals surface area (Å²) in [5.74, 6) is 5.58. The smallest absolute Gasteiger partial charge is 0.126 e. The summed E-state index contributed by atoms with van der Waals surface area (Å²) < 4.78 is 12.2. The summed E-state index contributed by atoms with van der Waals surface area (Å²) in [6.07, 6.45) is 0.769. The van der Waals surface area contributed by atoms with Crippen LogP contribution >= 0.6 is 23.5 Å². The van der Waals surface area contributed by atoms with Crippen molar-refractivity contribution in [1.82, 2.24) is 0 Å². The van der Waals surface area contributed by atoms with Crippen molar-refractivity contribution in [2.75, 3.05) is 20.0 Å². The number of methoxy groups -OCH3 is 2. The normalized spacial score (nSPS) is 14.7. The maximum Gasteiger partial charge on any atom is 0.126 e. The SMILES string of the molecule is COc1c2cc(C(C)(C)C)cc1Cc1cc(C(C)(C)C)cc(c1OC)CSCc1cc(N)cc(c1)CSC2. The Kier molecular flexibility index (Phi) is 8.68. The molecule has 0 spiro atoms. The number of hydrogen-bond acceptors (Lipinski definition) is 5. The van der Waals surface area contributed by atoms with Gasteiger partial charge in [-0.15, -0.1) is 0 Å². The molecule has 0 unspecified atom stereocenters. The van der Waals surface area contributed by atoms with Crippen molar-refractivity contribution in [2.45, 2.75) is 81.8 Å². The van der Waals surface area contributed by atoms with E-state index in [2.05, 4.69) is 84.0 Å². The lowest BCUT2D eigenvalue weighted by Crippen LogP contribution is -2.15. The van der Waals surface area contributed by atoms with Crippen molar-refractivity contribution >= 4 is 29.2 Å². The van der Waals surface area contributed by atoms with E-state index in [0.29, 0.717) is 0 Å². The summed E-state index contributed by atoms with van der Waals surface area (Å²) >= 11 is 3.83. The van der Waals surface area contributed by atoms with Crippen LogP contribution in [0.4, 0.5) is 5.69 Å². The molecule has 5 heteroatoms. The van der Waals surface area contributed by atoms with E-state index in [0.717, 1.165) is 46.6 Å². The molecule has 204 valence electrons. The Hall–Kier alpha value is -2.24. The summed E-state index contributed by atoms with van der Waals surface area (Å²) in [5, 5.41) is 0. The molecule has 0 radical (unpaired) electrons. The van der Waals surface area contributed by atoms with Crippen molar-refractivity contribution in [3.05, 3.63) is 87.0 Å². The molecule has 4 rings (SSSR count). The van der Waals surface area contributed by atoms with Crippen LogP contribution in [0.3, 0.4) is 0 Å². The molecule has 0 aromatic heterocycles. The van der Waals surface area contributed by atoms with E-state index in [1.165, 1.54) is 44.5 Å². The van der Waals surface area contributed by atoms with E-state index in [4.69, 9.17) is 15.2 Å². The van der Waals surface area contributed by atoms with E-state index in [1.807, 2.05) is 23.5 Å². The summed E-state index contributed by atoms with van der Waals surface area (Å²) in [4.78, 5) is 0. The molecule has 0 fully saturated rings. The minimum absolute atomic E-state index is 0.0310. The van der Waals surface area contributed by atoms with Crippen LogP contribution in [0.1, 0.15) is 86.1 Å². The van der Waals surface area contributed by atoms with Gasteiger partial charge in [0.2, 0.25) is 0 Å². The Bertz CT molecular complexity index is 1210. The maximum atomic E-state index is 6.32. The fourth-order valence-electron chi connectivity index (χ4n) is 5.10. The van der Waals surface area contributed by atoms with Crippen LogP contribution in [0.2, 0.25) is 0 Å². The Morgan fingerprint density at radius 3 is 1.34 bits per heavy atom. The number of nitrogen functional groups attached to an aromatic ring is 1. The minimum Gasteiger partial charge on any atom is -0.496 e. The molecule has 0 amide bonds. The molecule has 2 N–H and O–H groups in total. The van der Waals surface area contributed by atoms with Crippen LogP contribution in [0.25, 0.3) is 0 Å². The zero-order valence-electron chi connectivity index (χ0n) is 24.3. The molecule has 3 aromatic rings. The molecule has 1 aliphatic heterocycles. The number of benzene rings is 3. The lowest BCUT2D eigenvalue weighted by molar-refractivity contribution is 0.401. The highest BCUT2D eigenvalue weighted by atomic mass is 32.2. The van der Waals surface area contributed by atoms with E-state index >= 15 is 0 Å². The predicted molar refractivity (Wildman–Crippen MR) is 167 cm³/mol. The number of hydrogen-bond donors (Lipinski definition) is 1. The van der Waals surface area contributed by atoms with Crippen molar-refractivity contribution in [1.29, 1.82) is 0 Å². The molecular weight excluding hydrogens is 507 g/mol. The highest BCUT2D eigenvalue weighted by Crippen LogP contribution is 2.40. The first kappa shape index (κ1) is 28.8. The van der Waals surface area contributed by atoms with Crippen molar-refractivity contribution < 1.29 is 9.47 Å². The van der Waals surface area contributed by atoms with Gasteiger partial charge in [-0.3, -0.25) is 0 Å². The van der Waals surface area contributed by atoms with Gasteiger partial charge in [0.15, 0.2) is 0 Å². The van der Waals surface area contributed by atoms with Gasteiger partial charge in [-0.25, -0.2) is 0 Å². The molecule has 38 heavy (non-hydrogen) atoms. The van der Waals surface area contributed by atoms with Gasteiger partial charge in [0, 0.05) is 46.2 Å². The standard InChI is InChI=1S/C33H43NO2S2/c1-32(2,3)27-13-23-12-24-14-28(33(4,5)6)16-26(31(24)36-8)20-38-18-22-9-21(10-29(34)11-22)17-37-19-25(15-27)30(23)35-7/h9-11,13-16H,12,17-20,34H2,1-8H3. The molecule has 3 nitrogen and oxygen atoms in total. The van der Waals surface area contributed by atoms with Crippen LogP contribution in [0, 0.1) is 0 Å². The number of thioether (sulfide) groups is 2. The second-order valence-electron chi connectivity index (χ2n) is 12.4. The van der Waals surface area contributed by atoms with Gasteiger partial charge in [-0.1, -0.05) is 71.9 Å². The number of rotatable bonds is 2. The molecule has 1 aliphatic rings. The van der Waals surface area contributed by atoms with Crippen LogP contribution < -0.4 is 15.2 Å². The molecule has 0 saturated heterocycles. The Balaban J connectivity index is 1.93. The zero-order valence-corrected chi connectivity index (χ0v) is 25.9. The van der Waals surface area contributed by atoms with Crippen LogP contribution in [-0.2, 0) is 40.3 Å². The summed E-state index contributed by atoms with van der Waals surface area (Å²) in [5.41, 5.74) is 17.4. The third-order valence-electron chi connectivity index (χ3n) is 7.13. The number of fused-ring (bicyclic) bond motifs is 6. The quantitative estimate of drug-likeness (QED) is 0.324. The lowest BCUT2D eigenvalue weighted by Gasteiger charge is -2.26. The van der Waals surface area contributed by atoms with Gasteiger partial charge in [0.1, 0.15) is 11.5 Å². The van der Waals surface area contributed by atoms with Crippen molar-refractivity contribution in [2.24, 2.45) is 0 Å². The maximum absolute atomic E-state index is 6.32. The van der Waals surface area contributed by atoms with E-state index in [9.17, 15) is 0 Å². The second kappa shape index (κ2) is 11.5. The molecular formula is C33H43NO2S2. The molecule has 6 bridgehead atoms. The minimum atomic E-state index is 0.0310.